The first-order chi connectivity index (χ1) is 15.7. The zero-order chi connectivity index (χ0) is 22.3. The number of thioether (sulfide) groups is 1. The van der Waals surface area contributed by atoms with Crippen molar-refractivity contribution in [3.63, 3.8) is 0 Å². The summed E-state index contributed by atoms with van der Waals surface area (Å²) in [6.45, 7) is 2.56. The van der Waals surface area contributed by atoms with E-state index < -0.39 is 0 Å². The maximum Gasteiger partial charge on any atom is 0.234 e. The Morgan fingerprint density at radius 1 is 1.09 bits per heavy atom. The summed E-state index contributed by atoms with van der Waals surface area (Å²) < 4.78 is 12.8. The van der Waals surface area contributed by atoms with Gasteiger partial charge in [0, 0.05) is 0 Å². The van der Waals surface area contributed by atoms with Gasteiger partial charge in [-0.3, -0.25) is 9.36 Å². The standard InChI is InChI=1S/C23H22N4O3S2/c1-3-30-17-12-10-16(11-13-17)27-22(20-9-6-14-31-20)25-26-23(27)32-15-21(28)24-18-7-4-5-8-19(18)29-2/h4-14H,3,15H2,1-2H3,(H,24,28). The second-order valence-electron chi connectivity index (χ2n) is 6.58. The van der Waals surface area contributed by atoms with Crippen molar-refractivity contribution in [1.82, 2.24) is 14.8 Å². The number of ether oxygens (including phenoxy) is 2. The Hall–Kier alpha value is -3.30. The highest BCUT2D eigenvalue weighted by molar-refractivity contribution is 7.99. The summed E-state index contributed by atoms with van der Waals surface area (Å²) in [6.07, 6.45) is 0. The van der Waals surface area contributed by atoms with Crippen LogP contribution < -0.4 is 14.8 Å². The van der Waals surface area contributed by atoms with E-state index >= 15 is 0 Å². The van der Waals surface area contributed by atoms with Gasteiger partial charge in [0.1, 0.15) is 11.5 Å². The maximum absolute atomic E-state index is 12.6. The van der Waals surface area contributed by atoms with Crippen LogP contribution in [0.3, 0.4) is 0 Å². The summed E-state index contributed by atoms with van der Waals surface area (Å²) in [4.78, 5) is 13.6. The molecule has 2 aromatic carbocycles. The molecule has 0 saturated carbocycles. The van der Waals surface area contributed by atoms with Crippen molar-refractivity contribution in [2.75, 3.05) is 24.8 Å². The summed E-state index contributed by atoms with van der Waals surface area (Å²) in [7, 11) is 1.57. The Morgan fingerprint density at radius 3 is 2.62 bits per heavy atom. The van der Waals surface area contributed by atoms with Crippen LogP contribution in [0.2, 0.25) is 0 Å². The number of aromatic nitrogens is 3. The molecule has 0 unspecified atom stereocenters. The molecule has 0 spiro atoms. The quantitative estimate of drug-likeness (QED) is 0.345. The normalized spacial score (nSPS) is 10.7. The lowest BCUT2D eigenvalue weighted by molar-refractivity contribution is -0.113. The third kappa shape index (κ3) is 4.95. The van der Waals surface area contributed by atoms with E-state index in [1.165, 1.54) is 11.8 Å². The molecule has 2 aromatic heterocycles. The molecular weight excluding hydrogens is 444 g/mol. The Labute approximate surface area is 194 Å². The van der Waals surface area contributed by atoms with E-state index in [0.717, 1.165) is 22.1 Å². The van der Waals surface area contributed by atoms with Crippen LogP contribution in [0.5, 0.6) is 11.5 Å². The molecule has 7 nitrogen and oxygen atoms in total. The highest BCUT2D eigenvalue weighted by Crippen LogP contribution is 2.31. The molecule has 164 valence electrons. The van der Waals surface area contributed by atoms with Crippen LogP contribution in [0.4, 0.5) is 5.69 Å². The summed E-state index contributed by atoms with van der Waals surface area (Å²) in [5.74, 6) is 2.17. The zero-order valence-corrected chi connectivity index (χ0v) is 19.3. The van der Waals surface area contributed by atoms with Gasteiger partial charge in [-0.1, -0.05) is 30.0 Å². The van der Waals surface area contributed by atoms with Gasteiger partial charge in [0.05, 0.1) is 35.7 Å². The number of benzene rings is 2. The van der Waals surface area contributed by atoms with E-state index in [0.29, 0.717) is 23.2 Å². The van der Waals surface area contributed by atoms with Gasteiger partial charge in [0.15, 0.2) is 11.0 Å². The number of amides is 1. The van der Waals surface area contributed by atoms with Crippen LogP contribution in [0.25, 0.3) is 16.4 Å². The van der Waals surface area contributed by atoms with E-state index in [-0.39, 0.29) is 11.7 Å². The molecule has 32 heavy (non-hydrogen) atoms. The van der Waals surface area contributed by atoms with Gasteiger partial charge in [-0.25, -0.2) is 0 Å². The number of hydrogen-bond acceptors (Lipinski definition) is 7. The van der Waals surface area contributed by atoms with Crippen molar-refractivity contribution in [2.24, 2.45) is 0 Å². The first kappa shape index (κ1) is 21.9. The minimum absolute atomic E-state index is 0.154. The Bertz CT molecular complexity index is 1170. The van der Waals surface area contributed by atoms with Crippen molar-refractivity contribution in [2.45, 2.75) is 12.1 Å². The first-order valence-corrected chi connectivity index (χ1v) is 11.8. The molecule has 4 rings (SSSR count). The van der Waals surface area contributed by atoms with Gasteiger partial charge >= 0.3 is 0 Å². The van der Waals surface area contributed by atoms with E-state index in [4.69, 9.17) is 9.47 Å². The zero-order valence-electron chi connectivity index (χ0n) is 17.6. The van der Waals surface area contributed by atoms with Gasteiger partial charge < -0.3 is 14.8 Å². The van der Waals surface area contributed by atoms with E-state index in [9.17, 15) is 4.79 Å². The summed E-state index contributed by atoms with van der Waals surface area (Å²) in [6, 6.07) is 19.1. The molecule has 1 amide bonds. The van der Waals surface area contributed by atoms with Crippen LogP contribution in [-0.4, -0.2) is 40.1 Å². The van der Waals surface area contributed by atoms with E-state index in [2.05, 4.69) is 15.5 Å². The average molecular weight is 467 g/mol. The van der Waals surface area contributed by atoms with E-state index in [1.54, 1.807) is 30.6 Å². The topological polar surface area (TPSA) is 78.3 Å². The Balaban J connectivity index is 1.56. The second-order valence-corrected chi connectivity index (χ2v) is 8.47. The minimum atomic E-state index is -0.154. The van der Waals surface area contributed by atoms with Crippen molar-refractivity contribution in [3.8, 4) is 27.9 Å². The number of para-hydroxylation sites is 2. The monoisotopic (exact) mass is 466 g/mol. The number of carbonyl (C=O) groups excluding carboxylic acids is 1. The minimum Gasteiger partial charge on any atom is -0.495 e. The second kappa shape index (κ2) is 10.3. The third-order valence-electron chi connectivity index (χ3n) is 4.49. The van der Waals surface area contributed by atoms with Gasteiger partial charge in [-0.05, 0) is 54.8 Å². The lowest BCUT2D eigenvalue weighted by atomic mass is 10.3. The fourth-order valence-corrected chi connectivity index (χ4v) is 4.53. The number of nitrogens with one attached hydrogen (secondary N) is 1. The molecule has 0 aliphatic carbocycles. The van der Waals surface area contributed by atoms with Crippen molar-refractivity contribution < 1.29 is 14.3 Å². The van der Waals surface area contributed by atoms with Crippen molar-refractivity contribution in [3.05, 3.63) is 66.0 Å². The van der Waals surface area contributed by atoms with Crippen LogP contribution in [0.1, 0.15) is 6.92 Å². The van der Waals surface area contributed by atoms with Gasteiger partial charge in [0.2, 0.25) is 5.91 Å². The predicted octanol–water partition coefficient (Wildman–Crippen LogP) is 5.13. The van der Waals surface area contributed by atoms with E-state index in [1.807, 2.05) is 65.4 Å². The molecule has 0 fully saturated rings. The highest BCUT2D eigenvalue weighted by Gasteiger charge is 2.18. The number of anilines is 1. The van der Waals surface area contributed by atoms with Crippen LogP contribution >= 0.6 is 23.1 Å². The number of carbonyl (C=O) groups is 1. The third-order valence-corrected chi connectivity index (χ3v) is 6.29. The maximum atomic E-state index is 12.6. The van der Waals surface area contributed by atoms with Crippen LogP contribution in [-0.2, 0) is 4.79 Å². The Morgan fingerprint density at radius 2 is 1.91 bits per heavy atom. The fraction of sp³-hybridized carbons (Fsp3) is 0.174. The van der Waals surface area contributed by atoms with Crippen molar-refractivity contribution >= 4 is 34.7 Å². The van der Waals surface area contributed by atoms with Crippen LogP contribution in [0, 0.1) is 0 Å². The van der Waals surface area contributed by atoms with Gasteiger partial charge in [0.25, 0.3) is 0 Å². The summed E-state index contributed by atoms with van der Waals surface area (Å²) >= 11 is 2.91. The first-order valence-electron chi connectivity index (χ1n) is 9.97. The highest BCUT2D eigenvalue weighted by atomic mass is 32.2. The van der Waals surface area contributed by atoms with Crippen molar-refractivity contribution in [1.29, 1.82) is 0 Å². The number of nitrogens with zero attached hydrogens (tertiary/aromatic N) is 3. The molecule has 0 atom stereocenters. The summed E-state index contributed by atoms with van der Waals surface area (Å²) in [5, 5.41) is 14.3. The Kier molecular flexibility index (Phi) is 7.08. The fourth-order valence-electron chi connectivity index (χ4n) is 3.08. The van der Waals surface area contributed by atoms with Gasteiger partial charge in [-0.15, -0.1) is 21.5 Å². The molecule has 0 aliphatic heterocycles. The molecular formula is C23H22N4O3S2. The van der Waals surface area contributed by atoms with Crippen LogP contribution in [0.15, 0.2) is 71.2 Å². The SMILES string of the molecule is CCOc1ccc(-n2c(SCC(=O)Nc3ccccc3OC)nnc2-c2cccs2)cc1. The molecule has 0 radical (unpaired) electrons. The molecule has 2 heterocycles. The molecule has 1 N–H and O–H groups in total. The molecule has 9 heteroatoms. The smallest absolute Gasteiger partial charge is 0.234 e. The lowest BCUT2D eigenvalue weighted by Gasteiger charge is -2.11. The average Bonchev–Trinajstić information content (AvgIpc) is 3.49. The predicted molar refractivity (Wildman–Crippen MR) is 128 cm³/mol. The number of thiophene rings is 1. The number of methoxy groups -OCH3 is 1. The largest absolute Gasteiger partial charge is 0.495 e. The molecule has 0 saturated heterocycles. The molecule has 0 bridgehead atoms. The lowest BCUT2D eigenvalue weighted by Crippen LogP contribution is -2.15. The number of hydrogen-bond donors (Lipinski definition) is 1. The molecule has 0 aliphatic rings. The summed E-state index contributed by atoms with van der Waals surface area (Å²) in [5.41, 5.74) is 1.53. The number of rotatable bonds is 9. The molecule has 4 aromatic rings. The van der Waals surface area contributed by atoms with Gasteiger partial charge in [-0.2, -0.15) is 0 Å².